The molecule has 2 rings (SSSR count). The third-order valence-electron chi connectivity index (χ3n) is 6.87. The monoisotopic (exact) mass is 374 g/mol. The molecule has 2 aliphatic rings. The van der Waals surface area contributed by atoms with Gasteiger partial charge in [-0.1, -0.05) is 44.4 Å². The number of unbranched alkanes of at least 4 members (excludes halogenated alkanes) is 3. The minimum atomic E-state index is -0.837. The van der Waals surface area contributed by atoms with Crippen LogP contribution in [-0.4, -0.2) is 22.8 Å². The van der Waals surface area contributed by atoms with Gasteiger partial charge in [0, 0.05) is 12.3 Å². The molecule has 152 valence electrons. The summed E-state index contributed by atoms with van der Waals surface area (Å²) in [5.41, 5.74) is 1.57. The van der Waals surface area contributed by atoms with Crippen molar-refractivity contribution in [1.29, 1.82) is 0 Å². The number of aliphatic hydroxyl groups excluding tert-OH is 1. The highest BCUT2D eigenvalue weighted by atomic mass is 16.3. The van der Waals surface area contributed by atoms with Crippen molar-refractivity contribution in [3.05, 3.63) is 23.8 Å². The van der Waals surface area contributed by atoms with Crippen LogP contribution in [-0.2, 0) is 9.59 Å². The number of allylic oxidation sites excluding steroid dienone is 4. The fraction of sp³-hybridized carbons (Fsp3) is 0.750. The Hall–Kier alpha value is -1.22. The van der Waals surface area contributed by atoms with E-state index in [9.17, 15) is 14.7 Å². The summed E-state index contributed by atoms with van der Waals surface area (Å²) in [5.74, 6) is 0.878. The van der Waals surface area contributed by atoms with Crippen molar-refractivity contribution >= 4 is 11.6 Å². The molecule has 0 aromatic rings. The number of aliphatic hydroxyl groups is 1. The largest absolute Gasteiger partial charge is 0.386 e. The van der Waals surface area contributed by atoms with E-state index in [4.69, 9.17) is 0 Å². The number of hydrogen-bond acceptors (Lipinski definition) is 3. The van der Waals surface area contributed by atoms with Gasteiger partial charge in [0.25, 0.3) is 0 Å². The molecule has 0 heterocycles. The molecule has 0 aromatic heterocycles. The van der Waals surface area contributed by atoms with Crippen molar-refractivity contribution in [3.8, 4) is 0 Å². The quantitative estimate of drug-likeness (QED) is 0.309. The fourth-order valence-corrected chi connectivity index (χ4v) is 5.02. The number of Topliss-reactive ketones (excluding diaryl/α,β-unsaturated/α-hetero) is 1. The molecule has 4 atom stereocenters. The first-order valence-electron chi connectivity index (χ1n) is 11.0. The van der Waals surface area contributed by atoms with E-state index in [2.05, 4.69) is 19.9 Å². The Bertz CT molecular complexity index is 572. The SMILES string of the molecule is CCCC/C=C/C(=O)CCC/C=C1\CCC2(C)C(CCC2C(=O)C(C)O)C1. The standard InChI is InChI=1S/C24H38O3/c1-4-5-6-7-11-21(26)12-9-8-10-19-15-16-24(3)20(17-19)13-14-22(24)23(27)18(2)25/h7,10-11,18,20,22,25H,4-6,8-9,12-17H2,1-3H3/b11-7+,19-10+. The summed E-state index contributed by atoms with van der Waals surface area (Å²) in [6, 6.07) is 0. The Morgan fingerprint density at radius 1 is 1.26 bits per heavy atom. The van der Waals surface area contributed by atoms with Crippen LogP contribution in [0.3, 0.4) is 0 Å². The lowest BCUT2D eigenvalue weighted by molar-refractivity contribution is -0.134. The molecule has 27 heavy (non-hydrogen) atoms. The van der Waals surface area contributed by atoms with Crippen LogP contribution in [0, 0.1) is 17.3 Å². The van der Waals surface area contributed by atoms with Crippen LogP contribution in [0.1, 0.15) is 91.4 Å². The summed E-state index contributed by atoms with van der Waals surface area (Å²) in [6.07, 6.45) is 16.4. The number of fused-ring (bicyclic) bond motifs is 1. The van der Waals surface area contributed by atoms with Gasteiger partial charge in [0.15, 0.2) is 11.6 Å². The average molecular weight is 375 g/mol. The summed E-state index contributed by atoms with van der Waals surface area (Å²) in [5, 5.41) is 9.71. The van der Waals surface area contributed by atoms with Crippen molar-refractivity contribution < 1.29 is 14.7 Å². The second-order valence-electron chi connectivity index (χ2n) is 8.88. The van der Waals surface area contributed by atoms with Gasteiger partial charge in [0.2, 0.25) is 0 Å². The summed E-state index contributed by atoms with van der Waals surface area (Å²) in [7, 11) is 0. The van der Waals surface area contributed by atoms with Gasteiger partial charge in [0.05, 0.1) is 0 Å². The molecule has 0 aliphatic heterocycles. The van der Waals surface area contributed by atoms with E-state index in [1.807, 2.05) is 6.08 Å². The van der Waals surface area contributed by atoms with Gasteiger partial charge in [-0.3, -0.25) is 9.59 Å². The molecule has 0 radical (unpaired) electrons. The molecule has 0 amide bonds. The lowest BCUT2D eigenvalue weighted by Crippen LogP contribution is -2.39. The molecular weight excluding hydrogens is 336 g/mol. The van der Waals surface area contributed by atoms with Crippen molar-refractivity contribution in [2.24, 2.45) is 17.3 Å². The normalized spacial score (nSPS) is 30.6. The smallest absolute Gasteiger partial charge is 0.164 e. The van der Waals surface area contributed by atoms with Crippen molar-refractivity contribution in [2.75, 3.05) is 0 Å². The summed E-state index contributed by atoms with van der Waals surface area (Å²) >= 11 is 0. The predicted octanol–water partition coefficient (Wildman–Crippen LogP) is 5.56. The van der Waals surface area contributed by atoms with E-state index in [1.54, 1.807) is 13.0 Å². The second kappa shape index (κ2) is 10.4. The maximum atomic E-state index is 12.4. The predicted molar refractivity (Wildman–Crippen MR) is 110 cm³/mol. The fourth-order valence-electron chi connectivity index (χ4n) is 5.02. The maximum Gasteiger partial charge on any atom is 0.164 e. The number of ketones is 2. The average Bonchev–Trinajstić information content (AvgIpc) is 2.98. The van der Waals surface area contributed by atoms with Gasteiger partial charge in [-0.05, 0) is 75.7 Å². The highest BCUT2D eigenvalue weighted by molar-refractivity contribution is 5.89. The summed E-state index contributed by atoms with van der Waals surface area (Å²) < 4.78 is 0. The van der Waals surface area contributed by atoms with Crippen LogP contribution in [0.2, 0.25) is 0 Å². The zero-order valence-electron chi connectivity index (χ0n) is 17.5. The molecule has 3 nitrogen and oxygen atoms in total. The molecule has 4 unspecified atom stereocenters. The number of carbonyl (C=O) groups excluding carboxylic acids is 2. The number of carbonyl (C=O) groups is 2. The van der Waals surface area contributed by atoms with Gasteiger partial charge in [0.1, 0.15) is 6.10 Å². The molecule has 2 aliphatic carbocycles. The second-order valence-corrected chi connectivity index (χ2v) is 8.88. The molecule has 2 saturated carbocycles. The van der Waals surface area contributed by atoms with Crippen molar-refractivity contribution in [3.63, 3.8) is 0 Å². The molecule has 0 saturated heterocycles. The Kier molecular flexibility index (Phi) is 8.47. The van der Waals surface area contributed by atoms with Crippen molar-refractivity contribution in [2.45, 2.75) is 97.5 Å². The van der Waals surface area contributed by atoms with Crippen LogP contribution in [0.5, 0.6) is 0 Å². The Morgan fingerprint density at radius 3 is 2.74 bits per heavy atom. The Labute approximate surface area is 165 Å². The van der Waals surface area contributed by atoms with Crippen molar-refractivity contribution in [1.82, 2.24) is 0 Å². The first kappa shape index (κ1) is 22.1. The van der Waals surface area contributed by atoms with Crippen LogP contribution < -0.4 is 0 Å². The Balaban J connectivity index is 1.77. The number of hydrogen-bond donors (Lipinski definition) is 1. The lowest BCUT2D eigenvalue weighted by atomic mass is 9.63. The van der Waals surface area contributed by atoms with Crippen LogP contribution >= 0.6 is 0 Å². The summed E-state index contributed by atoms with van der Waals surface area (Å²) in [4.78, 5) is 24.2. The topological polar surface area (TPSA) is 54.4 Å². The number of rotatable bonds is 10. The lowest BCUT2D eigenvalue weighted by Gasteiger charge is -2.41. The third-order valence-corrected chi connectivity index (χ3v) is 6.87. The van der Waals surface area contributed by atoms with E-state index < -0.39 is 6.10 Å². The first-order valence-corrected chi connectivity index (χ1v) is 11.0. The van der Waals surface area contributed by atoms with Gasteiger partial charge in [-0.2, -0.15) is 0 Å². The minimum Gasteiger partial charge on any atom is -0.386 e. The summed E-state index contributed by atoms with van der Waals surface area (Å²) in [6.45, 7) is 6.02. The van der Waals surface area contributed by atoms with E-state index in [-0.39, 0.29) is 22.9 Å². The Morgan fingerprint density at radius 2 is 2.04 bits per heavy atom. The van der Waals surface area contributed by atoms with E-state index in [0.717, 1.165) is 57.8 Å². The van der Waals surface area contributed by atoms with Crippen LogP contribution in [0.15, 0.2) is 23.8 Å². The van der Waals surface area contributed by atoms with E-state index in [1.165, 1.54) is 12.0 Å². The molecule has 0 aromatic carbocycles. The highest BCUT2D eigenvalue weighted by Crippen LogP contribution is 2.57. The molecule has 3 heteroatoms. The van der Waals surface area contributed by atoms with E-state index in [0.29, 0.717) is 12.3 Å². The molecule has 2 fully saturated rings. The molecular formula is C24H38O3. The third kappa shape index (κ3) is 5.88. The van der Waals surface area contributed by atoms with Crippen LogP contribution in [0.4, 0.5) is 0 Å². The van der Waals surface area contributed by atoms with Gasteiger partial charge >= 0.3 is 0 Å². The van der Waals surface area contributed by atoms with Gasteiger partial charge in [-0.25, -0.2) is 0 Å². The molecule has 1 N–H and O–H groups in total. The highest BCUT2D eigenvalue weighted by Gasteiger charge is 2.51. The molecule has 0 bridgehead atoms. The zero-order chi connectivity index (χ0) is 19.9. The van der Waals surface area contributed by atoms with E-state index >= 15 is 0 Å². The maximum absolute atomic E-state index is 12.4. The molecule has 0 spiro atoms. The van der Waals surface area contributed by atoms with Gasteiger partial charge < -0.3 is 5.11 Å². The van der Waals surface area contributed by atoms with Crippen LogP contribution in [0.25, 0.3) is 0 Å². The van der Waals surface area contributed by atoms with Gasteiger partial charge in [-0.15, -0.1) is 0 Å². The minimum absolute atomic E-state index is 0.0289. The zero-order valence-corrected chi connectivity index (χ0v) is 17.5. The first-order chi connectivity index (χ1) is 12.9.